The highest BCUT2D eigenvalue weighted by Crippen LogP contribution is 2.28. The van der Waals surface area contributed by atoms with Gasteiger partial charge < -0.3 is 10.3 Å². The molecule has 0 radical (unpaired) electrons. The van der Waals surface area contributed by atoms with Crippen LogP contribution >= 0.6 is 0 Å². The third-order valence-electron chi connectivity index (χ3n) is 2.53. The van der Waals surface area contributed by atoms with E-state index in [-0.39, 0.29) is 12.2 Å². The quantitative estimate of drug-likeness (QED) is 0.646. The Bertz CT molecular complexity index is 563. The van der Waals surface area contributed by atoms with Crippen LogP contribution in [0.25, 0.3) is 11.3 Å². The molecule has 2 rings (SSSR count). The van der Waals surface area contributed by atoms with Gasteiger partial charge in [-0.3, -0.25) is 10.1 Å². The zero-order chi connectivity index (χ0) is 12.4. The molecule has 17 heavy (non-hydrogen) atoms. The molecule has 6 nitrogen and oxygen atoms in total. The average molecular weight is 233 g/mol. The first kappa shape index (κ1) is 11.3. The molecule has 0 saturated heterocycles. The first-order valence-electron chi connectivity index (χ1n) is 5.03. The van der Waals surface area contributed by atoms with E-state index in [4.69, 9.17) is 10.3 Å². The molecule has 1 heterocycles. The topological polar surface area (TPSA) is 95.2 Å². The van der Waals surface area contributed by atoms with E-state index in [0.29, 0.717) is 17.0 Å². The van der Waals surface area contributed by atoms with E-state index in [0.717, 1.165) is 5.56 Å². The van der Waals surface area contributed by atoms with Crippen LogP contribution in [-0.4, -0.2) is 10.1 Å². The number of rotatable bonds is 3. The number of nitrogens with zero attached hydrogens (tertiary/aromatic N) is 2. The summed E-state index contributed by atoms with van der Waals surface area (Å²) in [5.74, 6) is 0.522. The molecule has 0 aliphatic carbocycles. The summed E-state index contributed by atoms with van der Waals surface area (Å²) in [6.07, 6.45) is 0. The Balaban J connectivity index is 2.49. The lowest BCUT2D eigenvalue weighted by molar-refractivity contribution is -0.384. The van der Waals surface area contributed by atoms with Crippen molar-refractivity contribution in [2.45, 2.75) is 13.5 Å². The van der Waals surface area contributed by atoms with Crippen LogP contribution < -0.4 is 5.73 Å². The number of benzene rings is 1. The molecule has 0 aliphatic heterocycles. The van der Waals surface area contributed by atoms with Crippen molar-refractivity contribution in [3.63, 3.8) is 0 Å². The monoisotopic (exact) mass is 233 g/mol. The maximum Gasteiger partial charge on any atom is 0.270 e. The van der Waals surface area contributed by atoms with Gasteiger partial charge in [-0.2, -0.15) is 0 Å². The molecule has 0 spiro atoms. The third kappa shape index (κ3) is 2.02. The lowest BCUT2D eigenvalue weighted by atomic mass is 10.1. The second-order valence-electron chi connectivity index (χ2n) is 3.59. The van der Waals surface area contributed by atoms with Crippen molar-refractivity contribution in [3.05, 3.63) is 45.6 Å². The summed E-state index contributed by atoms with van der Waals surface area (Å²) in [5.41, 5.74) is 7.61. The standard InChI is InChI=1S/C11H11N3O3/c1-7-10(6-12)13-17-11(7)8-3-2-4-9(5-8)14(15)16/h2-5H,6,12H2,1H3. The van der Waals surface area contributed by atoms with Crippen LogP contribution in [0.2, 0.25) is 0 Å². The highest BCUT2D eigenvalue weighted by Gasteiger charge is 2.15. The molecule has 0 atom stereocenters. The Kier molecular flexibility index (Phi) is 2.88. The Morgan fingerprint density at radius 3 is 2.88 bits per heavy atom. The zero-order valence-electron chi connectivity index (χ0n) is 9.21. The van der Waals surface area contributed by atoms with Crippen LogP contribution in [0.3, 0.4) is 0 Å². The van der Waals surface area contributed by atoms with Gasteiger partial charge in [0.15, 0.2) is 5.76 Å². The first-order chi connectivity index (χ1) is 8.13. The fraction of sp³-hybridized carbons (Fsp3) is 0.182. The normalized spacial score (nSPS) is 10.5. The molecule has 0 aliphatic rings. The summed E-state index contributed by atoms with van der Waals surface area (Å²) < 4.78 is 5.15. The van der Waals surface area contributed by atoms with Gasteiger partial charge >= 0.3 is 0 Å². The van der Waals surface area contributed by atoms with E-state index in [2.05, 4.69) is 5.16 Å². The smallest absolute Gasteiger partial charge is 0.270 e. The second kappa shape index (κ2) is 4.34. The van der Waals surface area contributed by atoms with Crippen molar-refractivity contribution < 1.29 is 9.45 Å². The predicted molar refractivity (Wildman–Crippen MR) is 61.2 cm³/mol. The number of nitrogens with two attached hydrogens (primary N) is 1. The van der Waals surface area contributed by atoms with Crippen molar-refractivity contribution in [2.24, 2.45) is 5.73 Å². The molecule has 0 saturated carbocycles. The maximum atomic E-state index is 10.7. The van der Waals surface area contributed by atoms with Crippen LogP contribution in [0.15, 0.2) is 28.8 Å². The predicted octanol–water partition coefficient (Wildman–Crippen LogP) is 2.02. The van der Waals surface area contributed by atoms with Gasteiger partial charge in [0.25, 0.3) is 5.69 Å². The molecular weight excluding hydrogens is 222 g/mol. The minimum Gasteiger partial charge on any atom is -0.356 e. The molecule has 0 fully saturated rings. The summed E-state index contributed by atoms with van der Waals surface area (Å²) in [4.78, 5) is 10.2. The van der Waals surface area contributed by atoms with Crippen LogP contribution in [-0.2, 0) is 6.54 Å². The van der Waals surface area contributed by atoms with E-state index in [1.807, 2.05) is 6.92 Å². The van der Waals surface area contributed by atoms with E-state index >= 15 is 0 Å². The van der Waals surface area contributed by atoms with Crippen molar-refractivity contribution in [3.8, 4) is 11.3 Å². The average Bonchev–Trinajstić information content (AvgIpc) is 2.70. The van der Waals surface area contributed by atoms with Gasteiger partial charge in [-0.15, -0.1) is 0 Å². The molecule has 0 bridgehead atoms. The molecule has 88 valence electrons. The summed E-state index contributed by atoms with van der Waals surface area (Å²) in [7, 11) is 0. The zero-order valence-corrected chi connectivity index (χ0v) is 9.21. The minimum absolute atomic E-state index is 0.0209. The lowest BCUT2D eigenvalue weighted by Crippen LogP contribution is -1.98. The number of hydrogen-bond donors (Lipinski definition) is 1. The fourth-order valence-electron chi connectivity index (χ4n) is 1.59. The number of nitro groups is 1. The van der Waals surface area contributed by atoms with Gasteiger partial charge in [-0.25, -0.2) is 0 Å². The molecular formula is C11H11N3O3. The molecule has 0 amide bonds. The third-order valence-corrected chi connectivity index (χ3v) is 2.53. The van der Waals surface area contributed by atoms with Gasteiger partial charge in [0, 0.05) is 29.8 Å². The van der Waals surface area contributed by atoms with Gasteiger partial charge in [0.1, 0.15) is 5.69 Å². The van der Waals surface area contributed by atoms with Crippen LogP contribution in [0.1, 0.15) is 11.3 Å². The van der Waals surface area contributed by atoms with Crippen molar-refractivity contribution >= 4 is 5.69 Å². The van der Waals surface area contributed by atoms with Gasteiger partial charge in [0.05, 0.1) is 4.92 Å². The summed E-state index contributed by atoms with van der Waals surface area (Å²) in [5, 5.41) is 14.5. The lowest BCUT2D eigenvalue weighted by Gasteiger charge is -1.97. The Hall–Kier alpha value is -2.21. The van der Waals surface area contributed by atoms with E-state index in [1.165, 1.54) is 12.1 Å². The number of aromatic nitrogens is 1. The van der Waals surface area contributed by atoms with E-state index < -0.39 is 4.92 Å². The number of nitro benzene ring substituents is 1. The number of hydrogen-bond acceptors (Lipinski definition) is 5. The van der Waals surface area contributed by atoms with Gasteiger partial charge in [-0.1, -0.05) is 17.3 Å². The maximum absolute atomic E-state index is 10.7. The Morgan fingerprint density at radius 2 is 2.29 bits per heavy atom. The van der Waals surface area contributed by atoms with Crippen LogP contribution in [0.5, 0.6) is 0 Å². The summed E-state index contributed by atoms with van der Waals surface area (Å²) in [6.45, 7) is 2.11. The van der Waals surface area contributed by atoms with Gasteiger partial charge in [-0.05, 0) is 6.92 Å². The van der Waals surface area contributed by atoms with Crippen molar-refractivity contribution in [1.29, 1.82) is 0 Å². The van der Waals surface area contributed by atoms with Crippen LogP contribution in [0.4, 0.5) is 5.69 Å². The molecule has 1 aromatic heterocycles. The molecule has 2 N–H and O–H groups in total. The summed E-state index contributed by atoms with van der Waals surface area (Å²) >= 11 is 0. The molecule has 6 heteroatoms. The van der Waals surface area contributed by atoms with E-state index in [9.17, 15) is 10.1 Å². The largest absolute Gasteiger partial charge is 0.356 e. The fourth-order valence-corrected chi connectivity index (χ4v) is 1.59. The Labute approximate surface area is 97.2 Å². The highest BCUT2D eigenvalue weighted by molar-refractivity contribution is 5.64. The number of non-ortho nitro benzene ring substituents is 1. The summed E-state index contributed by atoms with van der Waals surface area (Å²) in [6, 6.07) is 6.23. The molecule has 0 unspecified atom stereocenters. The molecule has 2 aromatic rings. The minimum atomic E-state index is -0.445. The SMILES string of the molecule is Cc1c(CN)noc1-c1cccc([N+](=O)[O-])c1. The van der Waals surface area contributed by atoms with Crippen molar-refractivity contribution in [2.75, 3.05) is 0 Å². The molecule has 1 aromatic carbocycles. The van der Waals surface area contributed by atoms with Crippen LogP contribution in [0, 0.1) is 17.0 Å². The second-order valence-corrected chi connectivity index (χ2v) is 3.59. The van der Waals surface area contributed by atoms with E-state index in [1.54, 1.807) is 12.1 Å². The highest BCUT2D eigenvalue weighted by atomic mass is 16.6. The Morgan fingerprint density at radius 1 is 1.53 bits per heavy atom. The van der Waals surface area contributed by atoms with Gasteiger partial charge in [0.2, 0.25) is 0 Å². The first-order valence-corrected chi connectivity index (χ1v) is 5.03. The van der Waals surface area contributed by atoms with Crippen molar-refractivity contribution in [1.82, 2.24) is 5.16 Å².